The molecule has 10 aromatic carbocycles. The molecule has 0 radical (unpaired) electrons. The number of anilines is 6. The van der Waals surface area contributed by atoms with Crippen LogP contribution in [0.5, 0.6) is 0 Å². The normalized spacial score (nSPS) is 13.7. The van der Waals surface area contributed by atoms with Crippen molar-refractivity contribution in [2.45, 2.75) is 32.1 Å². The molecule has 0 aromatic heterocycles. The first-order chi connectivity index (χ1) is 33.0. The van der Waals surface area contributed by atoms with Crippen molar-refractivity contribution >= 4 is 61.2 Å². The molecule has 0 fully saturated rings. The topological polar surface area (TPSA) is 6.48 Å². The zero-order valence-corrected chi connectivity index (χ0v) is 37.9. The van der Waals surface area contributed by atoms with Crippen LogP contribution in [0.25, 0.3) is 60.5 Å². The van der Waals surface area contributed by atoms with Crippen LogP contribution in [0.15, 0.2) is 248 Å². The monoisotopic (exact) mass is 858 g/mol. The van der Waals surface area contributed by atoms with Gasteiger partial charge in [0.2, 0.25) is 0 Å². The van der Waals surface area contributed by atoms with Crippen molar-refractivity contribution in [1.82, 2.24) is 0 Å². The highest BCUT2D eigenvalue weighted by Crippen LogP contribution is 2.53. The molecule has 10 aromatic rings. The van der Waals surface area contributed by atoms with Gasteiger partial charge in [0.25, 0.3) is 0 Å². The van der Waals surface area contributed by atoms with Gasteiger partial charge in [-0.3, -0.25) is 0 Å². The fourth-order valence-electron chi connectivity index (χ4n) is 10.8. The molecule has 0 aliphatic heterocycles. The first-order valence-corrected chi connectivity index (χ1v) is 23.6. The minimum Gasteiger partial charge on any atom is -0.310 e. The van der Waals surface area contributed by atoms with Crippen LogP contribution in [0.2, 0.25) is 0 Å². The second kappa shape index (κ2) is 16.7. The summed E-state index contributed by atoms with van der Waals surface area (Å²) in [6.07, 6.45) is 6.92. The smallest absolute Gasteiger partial charge is 0.0540 e. The van der Waals surface area contributed by atoms with E-state index in [2.05, 4.69) is 266 Å². The van der Waals surface area contributed by atoms with Crippen LogP contribution >= 0.6 is 0 Å². The Morgan fingerprint density at radius 3 is 1.67 bits per heavy atom. The Kier molecular flexibility index (Phi) is 10.0. The molecule has 0 saturated carbocycles. The van der Waals surface area contributed by atoms with Gasteiger partial charge in [-0.15, -0.1) is 0 Å². The number of allylic oxidation sites excluding steroid dienone is 4. The standard InChI is InChI=1S/C65H50N2/c1-65(2)61-30-12-11-26-58(61)59-42-41-54(44-62(59)65)67(63-31-14-22-48-21-9-10-25-56(48)63)64-32-16-28-57-55(27-15-29-60(57)64)49-35-39-52(40-36-49)66(51-37-33-47(34-38-51)45-17-5-3-6-18-45)53-24-13-23-50(43-53)46-19-7-4-8-20-46/h3-11,13-29,31-44H,12,30H2,1-2H3. The van der Waals surface area contributed by atoms with Gasteiger partial charge in [0.15, 0.2) is 0 Å². The van der Waals surface area contributed by atoms with Crippen LogP contribution in [0.1, 0.15) is 37.8 Å². The fourth-order valence-corrected chi connectivity index (χ4v) is 10.8. The predicted octanol–water partition coefficient (Wildman–Crippen LogP) is 18.3. The third-order valence-electron chi connectivity index (χ3n) is 14.2. The summed E-state index contributed by atoms with van der Waals surface area (Å²) >= 11 is 0. The summed E-state index contributed by atoms with van der Waals surface area (Å²) in [5.41, 5.74) is 19.6. The Bertz CT molecular complexity index is 3520. The number of benzene rings is 10. The van der Waals surface area contributed by atoms with Gasteiger partial charge in [-0.05, 0) is 134 Å². The fraction of sp³-hybridized carbons (Fsp3) is 0.0769. The zero-order valence-electron chi connectivity index (χ0n) is 37.9. The van der Waals surface area contributed by atoms with Gasteiger partial charge in [-0.1, -0.05) is 201 Å². The Hall–Kier alpha value is -8.20. The molecule has 2 aliphatic carbocycles. The molecule has 320 valence electrons. The largest absolute Gasteiger partial charge is 0.310 e. The van der Waals surface area contributed by atoms with Crippen molar-refractivity contribution in [2.24, 2.45) is 0 Å². The average Bonchev–Trinajstić information content (AvgIpc) is 3.62. The molecule has 0 amide bonds. The molecular formula is C65H50N2. The van der Waals surface area contributed by atoms with Crippen molar-refractivity contribution in [3.63, 3.8) is 0 Å². The molecular weight excluding hydrogens is 809 g/mol. The van der Waals surface area contributed by atoms with Crippen molar-refractivity contribution in [3.8, 4) is 33.4 Å². The second-order valence-corrected chi connectivity index (χ2v) is 18.4. The van der Waals surface area contributed by atoms with E-state index in [0.717, 1.165) is 35.6 Å². The third kappa shape index (κ3) is 7.14. The summed E-state index contributed by atoms with van der Waals surface area (Å²) < 4.78 is 0. The van der Waals surface area contributed by atoms with Crippen LogP contribution in [-0.4, -0.2) is 0 Å². The summed E-state index contributed by atoms with van der Waals surface area (Å²) in [4.78, 5) is 4.87. The zero-order chi connectivity index (χ0) is 44.9. The van der Waals surface area contributed by atoms with E-state index in [-0.39, 0.29) is 5.41 Å². The van der Waals surface area contributed by atoms with Crippen LogP contribution in [-0.2, 0) is 5.41 Å². The Labute approximate surface area is 394 Å². The number of hydrogen-bond donors (Lipinski definition) is 0. The molecule has 0 heterocycles. The van der Waals surface area contributed by atoms with Gasteiger partial charge < -0.3 is 9.80 Å². The van der Waals surface area contributed by atoms with Crippen molar-refractivity contribution in [1.29, 1.82) is 0 Å². The summed E-state index contributed by atoms with van der Waals surface area (Å²) in [6, 6.07) is 84.4. The molecule has 0 saturated heterocycles. The first kappa shape index (κ1) is 40.3. The van der Waals surface area contributed by atoms with Gasteiger partial charge >= 0.3 is 0 Å². The maximum atomic E-state index is 2.51. The predicted molar refractivity (Wildman–Crippen MR) is 285 cm³/mol. The lowest BCUT2D eigenvalue weighted by Crippen LogP contribution is -2.19. The van der Waals surface area contributed by atoms with Gasteiger partial charge in [0, 0.05) is 38.9 Å². The lowest BCUT2D eigenvalue weighted by atomic mass is 9.78. The maximum absolute atomic E-state index is 2.51. The molecule has 0 bridgehead atoms. The lowest BCUT2D eigenvalue weighted by Gasteiger charge is -2.31. The summed E-state index contributed by atoms with van der Waals surface area (Å²) in [5, 5.41) is 4.87. The molecule has 67 heavy (non-hydrogen) atoms. The highest BCUT2D eigenvalue weighted by Gasteiger charge is 2.38. The lowest BCUT2D eigenvalue weighted by molar-refractivity contribution is 0.607. The number of nitrogens with zero attached hydrogens (tertiary/aromatic N) is 2. The van der Waals surface area contributed by atoms with Gasteiger partial charge in [-0.2, -0.15) is 0 Å². The van der Waals surface area contributed by atoms with Crippen LogP contribution < -0.4 is 9.80 Å². The van der Waals surface area contributed by atoms with Crippen molar-refractivity contribution < 1.29 is 0 Å². The van der Waals surface area contributed by atoms with E-state index in [1.54, 1.807) is 5.57 Å². The van der Waals surface area contributed by atoms with E-state index in [1.165, 1.54) is 83.0 Å². The van der Waals surface area contributed by atoms with E-state index in [4.69, 9.17) is 0 Å². The van der Waals surface area contributed by atoms with Crippen LogP contribution in [0.4, 0.5) is 34.1 Å². The summed E-state index contributed by atoms with van der Waals surface area (Å²) in [6.45, 7) is 4.83. The molecule has 0 spiro atoms. The molecule has 2 aliphatic rings. The Morgan fingerprint density at radius 2 is 0.910 bits per heavy atom. The van der Waals surface area contributed by atoms with E-state index in [0.29, 0.717) is 0 Å². The number of rotatable bonds is 9. The highest BCUT2D eigenvalue weighted by molar-refractivity contribution is 6.08. The third-order valence-corrected chi connectivity index (χ3v) is 14.2. The van der Waals surface area contributed by atoms with Gasteiger partial charge in [0.1, 0.15) is 0 Å². The van der Waals surface area contributed by atoms with E-state index < -0.39 is 0 Å². The summed E-state index contributed by atoms with van der Waals surface area (Å²) in [7, 11) is 0. The quantitative estimate of drug-likeness (QED) is 0.143. The first-order valence-electron chi connectivity index (χ1n) is 23.6. The minimum absolute atomic E-state index is 0.0418. The van der Waals surface area contributed by atoms with Crippen LogP contribution in [0.3, 0.4) is 0 Å². The van der Waals surface area contributed by atoms with Gasteiger partial charge in [0.05, 0.1) is 11.4 Å². The van der Waals surface area contributed by atoms with Crippen molar-refractivity contribution in [3.05, 3.63) is 259 Å². The van der Waals surface area contributed by atoms with E-state index in [9.17, 15) is 0 Å². The average molecular weight is 859 g/mol. The molecule has 0 N–H and O–H groups in total. The Morgan fingerprint density at radius 1 is 0.373 bits per heavy atom. The number of hydrogen-bond acceptors (Lipinski definition) is 2. The SMILES string of the molecule is CC1(C)C2=C(C=CCC2)c2ccc(N(c3cccc4ccccc34)c3cccc4c(-c5ccc(N(c6ccc(-c7ccccc7)cc6)c6cccc(-c7ccccc7)c6)cc5)cccc34)cc21. The molecule has 12 rings (SSSR count). The van der Waals surface area contributed by atoms with Crippen molar-refractivity contribution in [2.75, 3.05) is 9.80 Å². The van der Waals surface area contributed by atoms with E-state index in [1.807, 2.05) is 0 Å². The van der Waals surface area contributed by atoms with Gasteiger partial charge in [-0.25, -0.2) is 0 Å². The maximum Gasteiger partial charge on any atom is 0.0540 e. The Balaban J connectivity index is 0.966. The highest BCUT2D eigenvalue weighted by atomic mass is 15.1. The van der Waals surface area contributed by atoms with Crippen LogP contribution in [0, 0.1) is 0 Å². The molecule has 2 nitrogen and oxygen atoms in total. The minimum atomic E-state index is -0.0418. The molecule has 2 heteroatoms. The second-order valence-electron chi connectivity index (χ2n) is 18.4. The summed E-state index contributed by atoms with van der Waals surface area (Å²) in [5.74, 6) is 0. The van der Waals surface area contributed by atoms with E-state index >= 15 is 0 Å². The molecule has 0 atom stereocenters. The number of fused-ring (bicyclic) bond motifs is 4. The molecule has 0 unspecified atom stereocenters.